The molecule has 2 amide bonds. The predicted molar refractivity (Wildman–Crippen MR) is 146 cm³/mol. The fourth-order valence-electron chi connectivity index (χ4n) is 6.49. The molecule has 1 aromatic heterocycles. The predicted octanol–water partition coefficient (Wildman–Crippen LogP) is 6.03. The summed E-state index contributed by atoms with van der Waals surface area (Å²) in [5.41, 5.74) is 0.240. The van der Waals surface area contributed by atoms with Crippen molar-refractivity contribution in [3.8, 4) is 11.3 Å². The molecule has 2 aromatic rings. The molecule has 1 aromatic carbocycles. The van der Waals surface area contributed by atoms with Gasteiger partial charge in [-0.15, -0.1) is 0 Å². The van der Waals surface area contributed by atoms with Gasteiger partial charge < -0.3 is 14.6 Å². The fraction of sp³-hybridized carbons (Fsp3) is 0.600. The largest absolute Gasteiger partial charge is 0.460 e. The summed E-state index contributed by atoms with van der Waals surface area (Å²) in [4.78, 5) is 31.7. The summed E-state index contributed by atoms with van der Waals surface area (Å²) in [6.45, 7) is 5.01. The van der Waals surface area contributed by atoms with Gasteiger partial charge in [0, 0.05) is 30.2 Å². The Hall–Kier alpha value is -2.31. The Morgan fingerprint density at radius 2 is 1.86 bits per heavy atom. The summed E-state index contributed by atoms with van der Waals surface area (Å²) in [6.07, 6.45) is 10.2. The van der Waals surface area contributed by atoms with E-state index in [9.17, 15) is 9.59 Å². The quantitative estimate of drug-likeness (QED) is 0.457. The molecule has 1 atom stereocenters. The van der Waals surface area contributed by atoms with Crippen LogP contribution in [0.1, 0.15) is 76.9 Å². The second-order valence-electron chi connectivity index (χ2n) is 11.2. The van der Waals surface area contributed by atoms with E-state index < -0.39 is 5.54 Å². The minimum absolute atomic E-state index is 0.0601. The number of piperazine rings is 1. The van der Waals surface area contributed by atoms with E-state index in [1.807, 2.05) is 41.3 Å². The van der Waals surface area contributed by atoms with Gasteiger partial charge in [-0.05, 0) is 55.9 Å². The zero-order valence-corrected chi connectivity index (χ0v) is 22.8. The second kappa shape index (κ2) is 11.6. The number of piperidine rings is 1. The molecule has 3 fully saturated rings. The number of benzene rings is 1. The maximum atomic E-state index is 13.7. The molecule has 37 heavy (non-hydrogen) atoms. The van der Waals surface area contributed by atoms with Crippen molar-refractivity contribution in [3.05, 3.63) is 47.2 Å². The monoisotopic (exact) mass is 525 g/mol. The molecule has 1 N–H and O–H groups in total. The lowest BCUT2D eigenvalue weighted by Gasteiger charge is -2.52. The van der Waals surface area contributed by atoms with Crippen molar-refractivity contribution in [1.82, 2.24) is 15.1 Å². The van der Waals surface area contributed by atoms with E-state index in [-0.39, 0.29) is 17.9 Å². The van der Waals surface area contributed by atoms with Crippen molar-refractivity contribution < 1.29 is 14.0 Å². The number of rotatable bonds is 8. The van der Waals surface area contributed by atoms with Crippen molar-refractivity contribution in [2.24, 2.45) is 5.92 Å². The first-order valence-electron chi connectivity index (χ1n) is 14.2. The van der Waals surface area contributed by atoms with Crippen molar-refractivity contribution in [2.45, 2.75) is 89.3 Å². The Bertz CT molecular complexity index is 1090. The Kier molecular flexibility index (Phi) is 8.25. The van der Waals surface area contributed by atoms with Gasteiger partial charge in [0.05, 0.1) is 6.54 Å². The topological polar surface area (TPSA) is 65.8 Å². The van der Waals surface area contributed by atoms with Crippen molar-refractivity contribution in [3.63, 3.8) is 0 Å². The highest BCUT2D eigenvalue weighted by molar-refractivity contribution is 6.30. The Balaban J connectivity index is 1.24. The standard InChI is InChI=1S/C30H40ClN3O3/c1-2-3-16-34-28(35)26(19-22-8-5-4-6-9-22)32-29(36)30(34)14-17-33(18-15-30)21-25-12-13-27(37-25)23-10-7-11-24(31)20-23/h7,10-13,20,22,26H,2-6,8-9,14-19,21H2,1H3,(H,32,36). The summed E-state index contributed by atoms with van der Waals surface area (Å²) in [5, 5.41) is 3.88. The molecule has 3 aliphatic rings. The molecule has 3 heterocycles. The van der Waals surface area contributed by atoms with E-state index in [0.717, 1.165) is 49.4 Å². The molecule has 200 valence electrons. The van der Waals surface area contributed by atoms with Crippen LogP contribution in [-0.2, 0) is 16.1 Å². The number of furan rings is 1. The van der Waals surface area contributed by atoms with E-state index in [1.54, 1.807) is 0 Å². The number of carbonyl (C=O) groups excluding carboxylic acids is 2. The Morgan fingerprint density at radius 1 is 1.08 bits per heavy atom. The average molecular weight is 526 g/mol. The number of amides is 2. The van der Waals surface area contributed by atoms with Crippen LogP contribution in [0.3, 0.4) is 0 Å². The zero-order chi connectivity index (χ0) is 25.8. The highest BCUT2D eigenvalue weighted by Gasteiger charge is 2.53. The van der Waals surface area contributed by atoms with Crippen LogP contribution in [0.2, 0.25) is 5.02 Å². The van der Waals surface area contributed by atoms with E-state index in [1.165, 1.54) is 32.1 Å². The fourth-order valence-corrected chi connectivity index (χ4v) is 6.68. The molecular weight excluding hydrogens is 486 g/mol. The van der Waals surface area contributed by atoms with E-state index in [2.05, 4.69) is 17.1 Å². The van der Waals surface area contributed by atoms with Gasteiger partial charge in [-0.2, -0.15) is 0 Å². The van der Waals surface area contributed by atoms with Gasteiger partial charge in [-0.1, -0.05) is 69.2 Å². The number of hydrogen-bond acceptors (Lipinski definition) is 4. The minimum Gasteiger partial charge on any atom is -0.460 e. The molecule has 1 spiro atoms. The summed E-state index contributed by atoms with van der Waals surface area (Å²) in [6, 6.07) is 11.3. The first-order chi connectivity index (χ1) is 18.0. The van der Waals surface area contributed by atoms with Gasteiger partial charge in [0.1, 0.15) is 23.1 Å². The summed E-state index contributed by atoms with van der Waals surface area (Å²) in [7, 11) is 0. The third kappa shape index (κ3) is 5.75. The summed E-state index contributed by atoms with van der Waals surface area (Å²) >= 11 is 6.14. The number of hydrogen-bond donors (Lipinski definition) is 1. The van der Waals surface area contributed by atoms with E-state index in [0.29, 0.717) is 36.9 Å². The lowest BCUT2D eigenvalue weighted by Crippen LogP contribution is -2.73. The first kappa shape index (κ1) is 26.3. The van der Waals surface area contributed by atoms with Gasteiger partial charge in [0.15, 0.2) is 0 Å². The minimum atomic E-state index is -0.721. The van der Waals surface area contributed by atoms with E-state index in [4.69, 9.17) is 16.0 Å². The van der Waals surface area contributed by atoms with Crippen molar-refractivity contribution in [2.75, 3.05) is 19.6 Å². The van der Waals surface area contributed by atoms with Crippen LogP contribution in [0.15, 0.2) is 40.8 Å². The molecule has 2 saturated heterocycles. The third-order valence-corrected chi connectivity index (χ3v) is 8.91. The molecule has 0 radical (unpaired) electrons. The number of unbranched alkanes of at least 4 members (excludes halogenated alkanes) is 1. The zero-order valence-electron chi connectivity index (χ0n) is 22.0. The van der Waals surface area contributed by atoms with Crippen LogP contribution in [-0.4, -0.2) is 52.8 Å². The van der Waals surface area contributed by atoms with Crippen molar-refractivity contribution >= 4 is 23.4 Å². The molecular formula is C30H40ClN3O3. The smallest absolute Gasteiger partial charge is 0.246 e. The third-order valence-electron chi connectivity index (χ3n) is 8.67. The SMILES string of the molecule is CCCCN1C(=O)C(CC2CCCCC2)NC(=O)C12CCN(Cc1ccc(-c3cccc(Cl)c3)o1)CC2. The number of likely N-dealkylation sites (tertiary alicyclic amines) is 1. The molecule has 6 nitrogen and oxygen atoms in total. The molecule has 7 heteroatoms. The molecule has 0 bridgehead atoms. The number of nitrogens with one attached hydrogen (secondary N) is 1. The summed E-state index contributed by atoms with van der Waals surface area (Å²) in [5.74, 6) is 2.45. The normalized spacial score (nSPS) is 23.0. The van der Waals surface area contributed by atoms with Gasteiger partial charge in [0.2, 0.25) is 11.8 Å². The Labute approximate surface area is 225 Å². The molecule has 5 rings (SSSR count). The van der Waals surface area contributed by atoms with E-state index >= 15 is 0 Å². The lowest BCUT2D eigenvalue weighted by molar-refractivity contribution is -0.162. The van der Waals surface area contributed by atoms with Crippen LogP contribution < -0.4 is 5.32 Å². The first-order valence-corrected chi connectivity index (χ1v) is 14.6. The van der Waals surface area contributed by atoms with Crippen molar-refractivity contribution in [1.29, 1.82) is 0 Å². The number of nitrogens with zero attached hydrogens (tertiary/aromatic N) is 2. The van der Waals surface area contributed by atoms with Gasteiger partial charge in [-0.25, -0.2) is 0 Å². The molecule has 2 aliphatic heterocycles. The van der Waals surface area contributed by atoms with Crippen LogP contribution >= 0.6 is 11.6 Å². The van der Waals surface area contributed by atoms with Crippen LogP contribution in [0.25, 0.3) is 11.3 Å². The average Bonchev–Trinajstić information content (AvgIpc) is 3.38. The van der Waals surface area contributed by atoms with Gasteiger partial charge in [-0.3, -0.25) is 14.5 Å². The number of halogens is 1. The molecule has 1 aliphatic carbocycles. The van der Waals surface area contributed by atoms with Gasteiger partial charge >= 0.3 is 0 Å². The maximum absolute atomic E-state index is 13.7. The summed E-state index contributed by atoms with van der Waals surface area (Å²) < 4.78 is 6.12. The van der Waals surface area contributed by atoms with Gasteiger partial charge in [0.25, 0.3) is 0 Å². The van der Waals surface area contributed by atoms with Crippen LogP contribution in [0.5, 0.6) is 0 Å². The number of carbonyl (C=O) groups is 2. The molecule has 1 saturated carbocycles. The maximum Gasteiger partial charge on any atom is 0.246 e. The van der Waals surface area contributed by atoms with Crippen LogP contribution in [0.4, 0.5) is 0 Å². The molecule has 1 unspecified atom stereocenters. The highest BCUT2D eigenvalue weighted by Crippen LogP contribution is 2.36. The second-order valence-corrected chi connectivity index (χ2v) is 11.6. The lowest BCUT2D eigenvalue weighted by atomic mass is 9.79. The Morgan fingerprint density at radius 3 is 2.59 bits per heavy atom. The highest BCUT2D eigenvalue weighted by atomic mass is 35.5. The van der Waals surface area contributed by atoms with Crippen LogP contribution in [0, 0.1) is 5.92 Å².